The van der Waals surface area contributed by atoms with Gasteiger partial charge in [-0.3, -0.25) is 0 Å². The molecule has 0 atom stereocenters. The fraction of sp³-hybridized carbons (Fsp3) is 0.200. The molecule has 0 N–H and O–H groups in total. The van der Waals surface area contributed by atoms with Crippen molar-refractivity contribution in [1.29, 1.82) is 0 Å². The number of halogens is 1. The highest BCUT2D eigenvalue weighted by Crippen LogP contribution is 1.97. The first-order valence-electron chi connectivity index (χ1n) is 2.10. The molecule has 1 nitrogen and oxygen atoms in total. The lowest BCUT2D eigenvalue weighted by molar-refractivity contribution is 1.46. The molecule has 1 aliphatic heterocycles. The van der Waals surface area contributed by atoms with E-state index in [0.29, 0.717) is 0 Å². The second-order valence-electron chi connectivity index (χ2n) is 1.29. The van der Waals surface area contributed by atoms with Crippen molar-refractivity contribution in [2.24, 2.45) is 0 Å². The molecule has 0 unspecified atom stereocenters. The molecule has 0 aromatic carbocycles. The summed E-state index contributed by atoms with van der Waals surface area (Å²) in [5, 5.41) is 0.738. The molecule has 0 aromatic heterocycles. The molecule has 0 aliphatic carbocycles. The zero-order valence-electron chi connectivity index (χ0n) is 3.76. The second kappa shape index (κ2) is 1.97. The Bertz CT molecular complexity index is 151. The molecule has 0 saturated heterocycles. The summed E-state index contributed by atoms with van der Waals surface area (Å²) in [7, 11) is 0. The fourth-order valence-corrected chi connectivity index (χ4v) is 0.548. The summed E-state index contributed by atoms with van der Waals surface area (Å²) in [6, 6.07) is 0. The number of rotatable bonds is 0. The molecule has 1 aliphatic rings. The van der Waals surface area contributed by atoms with E-state index in [-0.39, 0.29) is 0 Å². The highest BCUT2D eigenvalue weighted by Gasteiger charge is 1.95. The van der Waals surface area contributed by atoms with Crippen molar-refractivity contribution in [3.05, 3.63) is 11.1 Å². The normalized spacial score (nSPS) is 17.0. The molecular weight excluding hydrogens is 110 g/mol. The van der Waals surface area contributed by atoms with Gasteiger partial charge in [-0.05, 0) is 6.08 Å². The maximum Gasteiger partial charge on any atom is 0.310 e. The first kappa shape index (κ1) is 4.63. The summed E-state index contributed by atoms with van der Waals surface area (Å²) in [4.78, 5) is 0. The van der Waals surface area contributed by atoms with Gasteiger partial charge in [-0.1, -0.05) is 11.6 Å². The molecule has 0 saturated carbocycles. The van der Waals surface area contributed by atoms with Gasteiger partial charge in [-0.2, -0.15) is 0 Å². The first-order valence-corrected chi connectivity index (χ1v) is 2.48. The predicted molar refractivity (Wildman–Crippen MR) is 32.8 cm³/mol. The number of nitrogens with zero attached hydrogens (tertiary/aromatic N) is 1. The van der Waals surface area contributed by atoms with Gasteiger partial charge in [0.1, 0.15) is 5.03 Å². The predicted octanol–water partition coefficient (Wildman–Crippen LogP) is 0.722. The maximum absolute atomic E-state index is 5.51. The SMILES string of the molecule is ClC1=CCC=[N+]=C1. The molecular formula is C5H5ClN+. The Hall–Kier alpha value is -0.520. The molecule has 7 heavy (non-hydrogen) atoms. The Morgan fingerprint density at radius 3 is 2.86 bits per heavy atom. The van der Waals surface area contributed by atoms with Crippen LogP contribution < -0.4 is 4.67 Å². The fourth-order valence-electron chi connectivity index (χ4n) is 0.403. The highest BCUT2D eigenvalue weighted by molar-refractivity contribution is 6.39. The molecule has 0 spiro atoms. The monoisotopic (exact) mass is 114 g/mol. The van der Waals surface area contributed by atoms with Crippen molar-refractivity contribution < 1.29 is 0 Å². The summed E-state index contributed by atoms with van der Waals surface area (Å²) < 4.78 is 3.81. The van der Waals surface area contributed by atoms with Crippen LogP contribution in [0.3, 0.4) is 0 Å². The van der Waals surface area contributed by atoms with Crippen molar-refractivity contribution in [3.63, 3.8) is 0 Å². The standard InChI is InChI=1S/C5H5ClN/c6-5-2-1-3-7-4-5/h2-4H,1H2/q+1. The third-order valence-corrected chi connectivity index (χ3v) is 0.973. The van der Waals surface area contributed by atoms with Crippen LogP contribution in [-0.4, -0.2) is 12.4 Å². The summed E-state index contributed by atoms with van der Waals surface area (Å²) in [5.74, 6) is 0. The van der Waals surface area contributed by atoms with Crippen LogP contribution in [0.2, 0.25) is 0 Å². The van der Waals surface area contributed by atoms with Gasteiger partial charge in [0.2, 0.25) is 0 Å². The van der Waals surface area contributed by atoms with Gasteiger partial charge in [-0.15, -0.1) is 4.67 Å². The Kier molecular flexibility index (Phi) is 1.30. The van der Waals surface area contributed by atoms with E-state index in [1.165, 1.54) is 0 Å². The van der Waals surface area contributed by atoms with E-state index >= 15 is 0 Å². The lowest BCUT2D eigenvalue weighted by atomic mass is 10.4. The van der Waals surface area contributed by atoms with Crippen molar-refractivity contribution in [2.75, 3.05) is 0 Å². The highest BCUT2D eigenvalue weighted by atomic mass is 35.5. The van der Waals surface area contributed by atoms with Crippen LogP contribution in [0.15, 0.2) is 11.1 Å². The summed E-state index contributed by atoms with van der Waals surface area (Å²) in [6.45, 7) is 0. The topological polar surface area (TPSA) is 14.1 Å². The minimum absolute atomic E-state index is 0.738. The van der Waals surface area contributed by atoms with Crippen molar-refractivity contribution in [2.45, 2.75) is 6.42 Å². The largest absolute Gasteiger partial charge is 0.310 e. The molecule has 36 valence electrons. The number of hydrogen-bond donors (Lipinski definition) is 0. The minimum Gasteiger partial charge on any atom is -0.104 e. The van der Waals surface area contributed by atoms with Crippen molar-refractivity contribution in [3.8, 4) is 0 Å². The van der Waals surface area contributed by atoms with Gasteiger partial charge in [0, 0.05) is 0 Å². The van der Waals surface area contributed by atoms with E-state index in [2.05, 4.69) is 4.67 Å². The van der Waals surface area contributed by atoms with E-state index in [9.17, 15) is 0 Å². The van der Waals surface area contributed by atoms with Crippen LogP contribution in [0.1, 0.15) is 6.42 Å². The molecule has 1 heterocycles. The molecule has 0 aromatic rings. The zero-order chi connectivity index (χ0) is 5.11. The average molecular weight is 115 g/mol. The Morgan fingerprint density at radius 1 is 1.71 bits per heavy atom. The van der Waals surface area contributed by atoms with Crippen LogP contribution in [0, 0.1) is 0 Å². The van der Waals surface area contributed by atoms with E-state index in [0.717, 1.165) is 11.5 Å². The quantitative estimate of drug-likeness (QED) is 0.412. The van der Waals surface area contributed by atoms with Crippen LogP contribution in [0.4, 0.5) is 0 Å². The number of allylic oxidation sites excluding steroid dienone is 2. The zero-order valence-corrected chi connectivity index (χ0v) is 4.52. The molecule has 1 rings (SSSR count). The second-order valence-corrected chi connectivity index (χ2v) is 1.72. The van der Waals surface area contributed by atoms with E-state index in [1.54, 1.807) is 6.21 Å². The van der Waals surface area contributed by atoms with E-state index in [4.69, 9.17) is 11.6 Å². The van der Waals surface area contributed by atoms with Crippen molar-refractivity contribution >= 4 is 24.0 Å². The summed E-state index contributed by atoms with van der Waals surface area (Å²) >= 11 is 5.51. The van der Waals surface area contributed by atoms with Gasteiger partial charge in [0.15, 0.2) is 0 Å². The minimum atomic E-state index is 0.738. The molecule has 2 heteroatoms. The summed E-state index contributed by atoms with van der Waals surface area (Å²) in [6.07, 6.45) is 6.22. The Balaban J connectivity index is 2.82. The van der Waals surface area contributed by atoms with E-state index < -0.39 is 0 Å². The van der Waals surface area contributed by atoms with Crippen LogP contribution in [0.25, 0.3) is 0 Å². The molecule has 0 amide bonds. The average Bonchev–Trinajstić information content (AvgIpc) is 1.69. The molecule has 0 fully saturated rings. The molecule has 0 bridgehead atoms. The summed E-state index contributed by atoms with van der Waals surface area (Å²) in [5.41, 5.74) is 0. The van der Waals surface area contributed by atoms with Crippen molar-refractivity contribution in [1.82, 2.24) is 4.67 Å². The van der Waals surface area contributed by atoms with Crippen LogP contribution in [-0.2, 0) is 0 Å². The third kappa shape index (κ3) is 1.19. The van der Waals surface area contributed by atoms with Crippen LogP contribution >= 0.6 is 11.6 Å². The smallest absolute Gasteiger partial charge is 0.104 e. The number of hydrogen-bond acceptors (Lipinski definition) is 0. The maximum atomic E-state index is 5.51. The van der Waals surface area contributed by atoms with Gasteiger partial charge in [-0.25, -0.2) is 0 Å². The van der Waals surface area contributed by atoms with Gasteiger partial charge in [0.05, 0.1) is 6.42 Å². The third-order valence-electron chi connectivity index (χ3n) is 0.722. The Labute approximate surface area is 47.0 Å². The van der Waals surface area contributed by atoms with Gasteiger partial charge >= 0.3 is 6.21 Å². The van der Waals surface area contributed by atoms with Gasteiger partial charge < -0.3 is 0 Å². The molecule has 0 radical (unpaired) electrons. The van der Waals surface area contributed by atoms with Gasteiger partial charge in [0.25, 0.3) is 6.21 Å². The Morgan fingerprint density at radius 2 is 2.57 bits per heavy atom. The lowest BCUT2D eigenvalue weighted by Crippen LogP contribution is -1.88. The van der Waals surface area contributed by atoms with E-state index in [1.807, 2.05) is 12.3 Å². The lowest BCUT2D eigenvalue weighted by Gasteiger charge is -1.76. The first-order chi connectivity index (χ1) is 3.39. The van der Waals surface area contributed by atoms with Crippen LogP contribution in [0.5, 0.6) is 0 Å².